The first kappa shape index (κ1) is 10.2. The molecule has 1 aliphatic rings. The summed E-state index contributed by atoms with van der Waals surface area (Å²) in [6, 6.07) is 7.22. The molecule has 0 nitrogen and oxygen atoms in total. The van der Waals surface area contributed by atoms with Crippen LogP contribution >= 0.6 is 11.6 Å². The van der Waals surface area contributed by atoms with Crippen LogP contribution in [-0.2, 0) is 0 Å². The predicted molar refractivity (Wildman–Crippen MR) is 57.9 cm³/mol. The largest absolute Gasteiger partial charge is 0.115 e. The van der Waals surface area contributed by atoms with Crippen molar-refractivity contribution in [1.29, 1.82) is 0 Å². The van der Waals surface area contributed by atoms with E-state index in [2.05, 4.69) is 5.92 Å². The Bertz CT molecular complexity index is 288. The second-order valence-corrected chi connectivity index (χ2v) is 3.51. The van der Waals surface area contributed by atoms with E-state index in [-0.39, 0.29) is 0 Å². The Morgan fingerprint density at radius 3 is 2.08 bits per heavy atom. The molecule has 1 aliphatic carbocycles. The highest BCUT2D eigenvalue weighted by Crippen LogP contribution is 2.15. The van der Waals surface area contributed by atoms with E-state index in [0.29, 0.717) is 5.02 Å². The first-order valence-corrected chi connectivity index (χ1v) is 4.93. The summed E-state index contributed by atoms with van der Waals surface area (Å²) in [5.74, 6) is 2.48. The topological polar surface area (TPSA) is 0 Å². The molecule has 1 aromatic carbocycles. The molecule has 0 aromatic heterocycles. The third kappa shape index (κ3) is 4.01. The molecular weight excluding hydrogens is 180 g/mol. The van der Waals surface area contributed by atoms with Crippen molar-refractivity contribution < 1.29 is 0 Å². The smallest absolute Gasteiger partial charge is 0.0418 e. The van der Waals surface area contributed by atoms with Crippen LogP contribution in [0.25, 0.3) is 0 Å². The molecule has 13 heavy (non-hydrogen) atoms. The molecule has 0 atom stereocenters. The van der Waals surface area contributed by atoms with E-state index >= 15 is 0 Å². The fraction of sp³-hybridized carbons (Fsp3) is 0.333. The Labute approximate surface area is 84.9 Å². The molecule has 2 rings (SSSR count). The Kier molecular flexibility index (Phi) is 4.43. The highest BCUT2D eigenvalue weighted by atomic mass is 35.5. The molecule has 0 bridgehead atoms. The summed E-state index contributed by atoms with van der Waals surface area (Å²) in [6.07, 6.45) is 11.1. The standard InChI is InChI=1S/C8H5Cl.C4H8/c1-2-7-4-3-5-8(9)6-7;1-2-4-3-1/h1,3-6H;1-4H2. The van der Waals surface area contributed by atoms with Gasteiger partial charge in [0.25, 0.3) is 0 Å². The predicted octanol–water partition coefficient (Wildman–Crippen LogP) is 3.88. The van der Waals surface area contributed by atoms with E-state index < -0.39 is 0 Å². The van der Waals surface area contributed by atoms with Crippen molar-refractivity contribution in [2.75, 3.05) is 0 Å². The van der Waals surface area contributed by atoms with Crippen LogP contribution in [0.5, 0.6) is 0 Å². The lowest BCUT2D eigenvalue weighted by Gasteiger charge is -2.05. The summed E-state index contributed by atoms with van der Waals surface area (Å²) < 4.78 is 0. The molecule has 0 amide bonds. The fourth-order valence-corrected chi connectivity index (χ4v) is 1.02. The van der Waals surface area contributed by atoms with Gasteiger partial charge >= 0.3 is 0 Å². The van der Waals surface area contributed by atoms with Gasteiger partial charge in [0.15, 0.2) is 0 Å². The number of hydrogen-bond donors (Lipinski definition) is 0. The van der Waals surface area contributed by atoms with Crippen molar-refractivity contribution in [3.8, 4) is 12.3 Å². The molecule has 0 spiro atoms. The highest BCUT2D eigenvalue weighted by Gasteiger charge is 1.95. The van der Waals surface area contributed by atoms with Gasteiger partial charge in [-0.15, -0.1) is 6.42 Å². The van der Waals surface area contributed by atoms with Crippen LogP contribution < -0.4 is 0 Å². The van der Waals surface area contributed by atoms with Gasteiger partial charge in [0.05, 0.1) is 0 Å². The maximum Gasteiger partial charge on any atom is 0.0418 e. The molecule has 0 aliphatic heterocycles. The van der Waals surface area contributed by atoms with E-state index in [1.165, 1.54) is 25.7 Å². The quantitative estimate of drug-likeness (QED) is 0.548. The monoisotopic (exact) mass is 192 g/mol. The minimum absolute atomic E-state index is 0.686. The molecule has 68 valence electrons. The SMILES string of the molecule is C#Cc1cccc(Cl)c1.C1CCC1. The van der Waals surface area contributed by atoms with Crippen molar-refractivity contribution in [2.24, 2.45) is 0 Å². The number of rotatable bonds is 0. The van der Waals surface area contributed by atoms with E-state index in [9.17, 15) is 0 Å². The normalized spacial score (nSPS) is 13.2. The van der Waals surface area contributed by atoms with E-state index in [0.717, 1.165) is 5.56 Å². The zero-order valence-corrected chi connectivity index (χ0v) is 8.35. The fourth-order valence-electron chi connectivity index (χ4n) is 0.828. The molecule has 0 radical (unpaired) electrons. The second-order valence-electron chi connectivity index (χ2n) is 3.07. The number of halogens is 1. The zero-order chi connectivity index (χ0) is 9.52. The number of benzene rings is 1. The van der Waals surface area contributed by atoms with Gasteiger partial charge in [-0.1, -0.05) is 49.3 Å². The Morgan fingerprint density at radius 2 is 1.77 bits per heavy atom. The van der Waals surface area contributed by atoms with Crippen LogP contribution in [0.15, 0.2) is 24.3 Å². The lowest BCUT2D eigenvalue weighted by atomic mass is 10.0. The van der Waals surface area contributed by atoms with Crippen molar-refractivity contribution in [1.82, 2.24) is 0 Å². The van der Waals surface area contributed by atoms with Crippen LogP contribution in [0.2, 0.25) is 5.02 Å². The lowest BCUT2D eigenvalue weighted by molar-refractivity contribution is 0.504. The molecule has 1 saturated carbocycles. The third-order valence-corrected chi connectivity index (χ3v) is 2.23. The van der Waals surface area contributed by atoms with Crippen molar-refractivity contribution in [2.45, 2.75) is 25.7 Å². The Balaban J connectivity index is 0.000000175. The summed E-state index contributed by atoms with van der Waals surface area (Å²) >= 11 is 5.63. The van der Waals surface area contributed by atoms with E-state index in [4.69, 9.17) is 18.0 Å². The zero-order valence-electron chi connectivity index (χ0n) is 7.59. The van der Waals surface area contributed by atoms with Gasteiger partial charge in [0.1, 0.15) is 0 Å². The summed E-state index contributed by atoms with van der Waals surface area (Å²) in [4.78, 5) is 0. The van der Waals surface area contributed by atoms with Crippen LogP contribution in [0.1, 0.15) is 31.2 Å². The maximum atomic E-state index is 5.63. The molecule has 1 aromatic rings. The minimum Gasteiger partial charge on any atom is -0.115 e. The molecule has 1 fully saturated rings. The Hall–Kier alpha value is -0.930. The van der Waals surface area contributed by atoms with Crippen LogP contribution in [-0.4, -0.2) is 0 Å². The van der Waals surface area contributed by atoms with Crippen LogP contribution in [0.3, 0.4) is 0 Å². The molecule has 1 heteroatoms. The summed E-state index contributed by atoms with van der Waals surface area (Å²) in [6.45, 7) is 0. The molecular formula is C12H13Cl. The first-order chi connectivity index (χ1) is 6.33. The third-order valence-electron chi connectivity index (χ3n) is 1.99. The number of hydrogen-bond acceptors (Lipinski definition) is 0. The number of terminal acetylenes is 1. The van der Waals surface area contributed by atoms with Crippen molar-refractivity contribution in [3.05, 3.63) is 34.9 Å². The second kappa shape index (κ2) is 5.67. The summed E-state index contributed by atoms with van der Waals surface area (Å²) in [7, 11) is 0. The molecule has 0 saturated heterocycles. The van der Waals surface area contributed by atoms with Crippen molar-refractivity contribution >= 4 is 11.6 Å². The lowest BCUT2D eigenvalue weighted by Crippen LogP contribution is -1.85. The van der Waals surface area contributed by atoms with E-state index in [1.54, 1.807) is 12.1 Å². The molecule has 0 unspecified atom stereocenters. The maximum absolute atomic E-state index is 5.63. The average Bonchev–Trinajstić information content (AvgIpc) is 2.01. The van der Waals surface area contributed by atoms with Crippen LogP contribution in [0.4, 0.5) is 0 Å². The van der Waals surface area contributed by atoms with Crippen molar-refractivity contribution in [3.63, 3.8) is 0 Å². The van der Waals surface area contributed by atoms with Gasteiger partial charge in [-0.2, -0.15) is 0 Å². The Morgan fingerprint density at radius 1 is 1.15 bits per heavy atom. The summed E-state index contributed by atoms with van der Waals surface area (Å²) in [5.41, 5.74) is 0.822. The van der Waals surface area contributed by atoms with Gasteiger partial charge < -0.3 is 0 Å². The van der Waals surface area contributed by atoms with Gasteiger partial charge in [0.2, 0.25) is 0 Å². The van der Waals surface area contributed by atoms with Gasteiger partial charge in [0, 0.05) is 10.6 Å². The van der Waals surface area contributed by atoms with Gasteiger partial charge in [-0.25, -0.2) is 0 Å². The highest BCUT2D eigenvalue weighted by molar-refractivity contribution is 6.30. The molecule has 0 heterocycles. The van der Waals surface area contributed by atoms with Crippen LogP contribution in [0, 0.1) is 12.3 Å². The minimum atomic E-state index is 0.686. The molecule has 0 N–H and O–H groups in total. The van der Waals surface area contributed by atoms with E-state index in [1.807, 2.05) is 12.1 Å². The summed E-state index contributed by atoms with van der Waals surface area (Å²) in [5, 5.41) is 0.686. The van der Waals surface area contributed by atoms with Gasteiger partial charge in [-0.3, -0.25) is 0 Å². The van der Waals surface area contributed by atoms with Gasteiger partial charge in [-0.05, 0) is 18.2 Å². The average molecular weight is 193 g/mol. The first-order valence-electron chi connectivity index (χ1n) is 4.55.